The van der Waals surface area contributed by atoms with Crippen LogP contribution in [-0.4, -0.2) is 70.4 Å². The van der Waals surface area contributed by atoms with E-state index in [1.54, 1.807) is 7.11 Å². The molecule has 0 aliphatic carbocycles. The van der Waals surface area contributed by atoms with Crippen LogP contribution in [0.25, 0.3) is 0 Å². The highest BCUT2D eigenvalue weighted by Gasteiger charge is 2.45. The molecule has 1 aromatic heterocycles. The number of carbonyl (C=O) groups is 1. The number of carboxylic acids is 1. The van der Waals surface area contributed by atoms with Gasteiger partial charge < -0.3 is 19.9 Å². The molecule has 4 rings (SSSR count). The van der Waals surface area contributed by atoms with Gasteiger partial charge >= 0.3 is 12.1 Å². The first kappa shape index (κ1) is 23.9. The molecule has 176 valence electrons. The third-order valence-corrected chi connectivity index (χ3v) is 5.47. The van der Waals surface area contributed by atoms with Crippen LogP contribution < -0.4 is 10.1 Å². The van der Waals surface area contributed by atoms with Gasteiger partial charge in [0.2, 0.25) is 0 Å². The molecule has 2 N–H and O–H groups in total. The molecular formula is C21H27F3N4O4. The molecule has 32 heavy (non-hydrogen) atoms. The predicted octanol–water partition coefficient (Wildman–Crippen LogP) is 2.91. The summed E-state index contributed by atoms with van der Waals surface area (Å²) in [6.07, 6.45) is 1.12. The van der Waals surface area contributed by atoms with Gasteiger partial charge in [-0.1, -0.05) is 0 Å². The van der Waals surface area contributed by atoms with E-state index >= 15 is 0 Å². The molecule has 0 amide bonds. The fourth-order valence-corrected chi connectivity index (χ4v) is 4.02. The highest BCUT2D eigenvalue weighted by Crippen LogP contribution is 2.36. The van der Waals surface area contributed by atoms with Crippen molar-refractivity contribution in [1.82, 2.24) is 14.7 Å². The van der Waals surface area contributed by atoms with Crippen molar-refractivity contribution in [2.75, 3.05) is 32.1 Å². The molecule has 0 saturated carbocycles. The van der Waals surface area contributed by atoms with E-state index in [2.05, 4.69) is 33.6 Å². The van der Waals surface area contributed by atoms with Gasteiger partial charge in [-0.25, -0.2) is 4.79 Å². The monoisotopic (exact) mass is 456 g/mol. The first-order valence-electron chi connectivity index (χ1n) is 10.1. The van der Waals surface area contributed by atoms with E-state index in [4.69, 9.17) is 19.4 Å². The topological polar surface area (TPSA) is 88.9 Å². The van der Waals surface area contributed by atoms with Gasteiger partial charge in [0.25, 0.3) is 0 Å². The molecule has 1 spiro atoms. The number of benzene rings is 1. The fraction of sp³-hybridized carbons (Fsp3) is 0.524. The number of aryl methyl sites for hydroxylation is 1. The normalized spacial score (nSPS) is 23.1. The predicted molar refractivity (Wildman–Crippen MR) is 110 cm³/mol. The minimum Gasteiger partial charge on any atom is -0.497 e. The van der Waals surface area contributed by atoms with Crippen molar-refractivity contribution >= 4 is 11.7 Å². The average molecular weight is 456 g/mol. The van der Waals surface area contributed by atoms with Gasteiger partial charge in [-0.05, 0) is 30.7 Å². The van der Waals surface area contributed by atoms with Crippen molar-refractivity contribution in [2.24, 2.45) is 7.05 Å². The van der Waals surface area contributed by atoms with E-state index in [-0.39, 0.29) is 5.60 Å². The lowest BCUT2D eigenvalue weighted by Crippen LogP contribution is -2.33. The Bertz CT molecular complexity index is 903. The van der Waals surface area contributed by atoms with Gasteiger partial charge in [0, 0.05) is 50.6 Å². The Morgan fingerprint density at radius 2 is 2.06 bits per heavy atom. The van der Waals surface area contributed by atoms with E-state index < -0.39 is 12.1 Å². The summed E-state index contributed by atoms with van der Waals surface area (Å²) in [5, 5.41) is 15.0. The first-order chi connectivity index (χ1) is 15.1. The minimum atomic E-state index is -5.08. The van der Waals surface area contributed by atoms with E-state index in [0.29, 0.717) is 6.04 Å². The molecule has 0 radical (unpaired) electrons. The second-order valence-corrected chi connectivity index (χ2v) is 8.05. The molecule has 2 unspecified atom stereocenters. The first-order valence-corrected chi connectivity index (χ1v) is 10.1. The second-order valence-electron chi connectivity index (χ2n) is 8.05. The number of rotatable bonds is 5. The number of alkyl halides is 3. The average Bonchev–Trinajstić information content (AvgIpc) is 3.44. The van der Waals surface area contributed by atoms with Gasteiger partial charge in [-0.3, -0.25) is 9.58 Å². The molecule has 2 atom stereocenters. The number of anilines is 1. The highest BCUT2D eigenvalue weighted by molar-refractivity contribution is 5.73. The van der Waals surface area contributed by atoms with Crippen LogP contribution in [0, 0.1) is 0 Å². The largest absolute Gasteiger partial charge is 0.497 e. The third kappa shape index (κ3) is 6.36. The molecule has 0 bridgehead atoms. The Morgan fingerprint density at radius 3 is 2.62 bits per heavy atom. The van der Waals surface area contributed by atoms with Crippen molar-refractivity contribution in [2.45, 2.75) is 37.2 Å². The van der Waals surface area contributed by atoms with Crippen LogP contribution in [0.1, 0.15) is 18.4 Å². The van der Waals surface area contributed by atoms with Gasteiger partial charge in [0.05, 0.1) is 31.6 Å². The third-order valence-electron chi connectivity index (χ3n) is 5.47. The summed E-state index contributed by atoms with van der Waals surface area (Å²) in [6.45, 7) is 3.81. The molecule has 2 saturated heterocycles. The number of ether oxygens (including phenoxy) is 2. The van der Waals surface area contributed by atoms with Crippen LogP contribution in [0.4, 0.5) is 18.9 Å². The zero-order valence-corrected chi connectivity index (χ0v) is 17.9. The summed E-state index contributed by atoms with van der Waals surface area (Å²) in [7, 11) is 3.65. The Kier molecular flexibility index (Phi) is 7.29. The molecule has 8 nitrogen and oxygen atoms in total. The Morgan fingerprint density at radius 1 is 1.38 bits per heavy atom. The number of aliphatic carboxylic acids is 1. The van der Waals surface area contributed by atoms with Crippen molar-refractivity contribution in [3.63, 3.8) is 0 Å². The molecular weight excluding hydrogens is 429 g/mol. The molecule has 1 aromatic carbocycles. The maximum Gasteiger partial charge on any atom is 0.490 e. The number of methoxy groups -OCH3 is 1. The summed E-state index contributed by atoms with van der Waals surface area (Å²) < 4.78 is 45.1. The molecule has 2 fully saturated rings. The zero-order chi connectivity index (χ0) is 23.4. The number of carboxylic acid groups (broad SMARTS) is 1. The van der Waals surface area contributed by atoms with Crippen LogP contribution in [0.2, 0.25) is 0 Å². The molecule has 3 heterocycles. The van der Waals surface area contributed by atoms with Crippen molar-refractivity contribution < 1.29 is 32.5 Å². The van der Waals surface area contributed by atoms with E-state index in [9.17, 15) is 13.2 Å². The van der Waals surface area contributed by atoms with Crippen LogP contribution in [0.3, 0.4) is 0 Å². The fourth-order valence-electron chi connectivity index (χ4n) is 4.02. The standard InChI is InChI=1S/C19H26N4O2.C2HF3O2/c1-22-11-15(10-20-22)12-23-8-7-19(14-23)9-17(13-25-19)21-16-3-5-18(24-2)6-4-16;3-2(4,5)1(6)7/h3-6,10-11,17,21H,7-9,12-14H2,1-2H3;(H,6,7). The second kappa shape index (κ2) is 9.78. The van der Waals surface area contributed by atoms with Crippen molar-refractivity contribution in [1.29, 1.82) is 0 Å². The van der Waals surface area contributed by atoms with Crippen molar-refractivity contribution in [3.05, 3.63) is 42.2 Å². The van der Waals surface area contributed by atoms with Crippen LogP contribution >= 0.6 is 0 Å². The quantitative estimate of drug-likeness (QED) is 0.715. The van der Waals surface area contributed by atoms with Crippen LogP contribution in [0.5, 0.6) is 5.75 Å². The Hall–Kier alpha value is -2.79. The summed E-state index contributed by atoms with van der Waals surface area (Å²) in [4.78, 5) is 11.4. The highest BCUT2D eigenvalue weighted by atomic mass is 19.4. The number of nitrogens with zero attached hydrogens (tertiary/aromatic N) is 3. The Labute approximate surface area is 183 Å². The molecule has 2 aliphatic rings. The lowest BCUT2D eigenvalue weighted by molar-refractivity contribution is -0.192. The summed E-state index contributed by atoms with van der Waals surface area (Å²) >= 11 is 0. The number of halogens is 3. The van der Waals surface area contributed by atoms with Gasteiger partial charge in [-0.15, -0.1) is 0 Å². The maximum atomic E-state index is 10.6. The lowest BCUT2D eigenvalue weighted by Gasteiger charge is -2.23. The molecule has 2 aliphatic heterocycles. The number of aromatic nitrogens is 2. The smallest absolute Gasteiger partial charge is 0.490 e. The number of likely N-dealkylation sites (tertiary alicyclic amines) is 1. The van der Waals surface area contributed by atoms with E-state index in [1.807, 2.05) is 30.1 Å². The number of hydrogen-bond acceptors (Lipinski definition) is 6. The lowest BCUT2D eigenvalue weighted by atomic mass is 9.97. The van der Waals surface area contributed by atoms with E-state index in [0.717, 1.165) is 50.5 Å². The van der Waals surface area contributed by atoms with E-state index in [1.165, 1.54) is 5.56 Å². The maximum absolute atomic E-state index is 10.6. The number of hydrogen-bond donors (Lipinski definition) is 2. The number of nitrogens with one attached hydrogen (secondary N) is 1. The Balaban J connectivity index is 0.000000360. The van der Waals surface area contributed by atoms with Gasteiger partial charge in [0.1, 0.15) is 5.75 Å². The molecule has 11 heteroatoms. The molecule has 2 aromatic rings. The summed E-state index contributed by atoms with van der Waals surface area (Å²) in [5.41, 5.74) is 2.40. The van der Waals surface area contributed by atoms with Crippen LogP contribution in [0.15, 0.2) is 36.7 Å². The summed E-state index contributed by atoms with van der Waals surface area (Å²) in [6, 6.07) is 8.46. The SMILES string of the molecule is COc1ccc(NC2COC3(CCN(Cc4cnn(C)c4)C3)C2)cc1.O=C(O)C(F)(F)F. The van der Waals surface area contributed by atoms with Gasteiger partial charge in [-0.2, -0.15) is 18.3 Å². The minimum absolute atomic E-state index is 0.00630. The van der Waals surface area contributed by atoms with Gasteiger partial charge in [0.15, 0.2) is 0 Å². The zero-order valence-electron chi connectivity index (χ0n) is 17.9. The summed E-state index contributed by atoms with van der Waals surface area (Å²) in [5.74, 6) is -1.88. The van der Waals surface area contributed by atoms with Crippen LogP contribution in [-0.2, 0) is 23.1 Å². The van der Waals surface area contributed by atoms with Crippen molar-refractivity contribution in [3.8, 4) is 5.75 Å².